The lowest BCUT2D eigenvalue weighted by Crippen LogP contribution is -2.41. The topological polar surface area (TPSA) is 3.24 Å². The Morgan fingerprint density at radius 2 is 1.50 bits per heavy atom. The zero-order chi connectivity index (χ0) is 10.6. The number of nitrogens with zero attached hydrogens (tertiary/aromatic N) is 1. The van der Waals surface area contributed by atoms with Crippen molar-refractivity contribution in [2.24, 2.45) is 5.92 Å². The fourth-order valence-electron chi connectivity index (χ4n) is 2.21. The zero-order valence-electron chi connectivity index (χ0n) is 10.5. The van der Waals surface area contributed by atoms with Gasteiger partial charge in [0.1, 0.15) is 0 Å². The second-order valence-corrected chi connectivity index (χ2v) is 5.91. The van der Waals surface area contributed by atoms with Gasteiger partial charge in [-0.15, -0.1) is 0 Å². The van der Waals surface area contributed by atoms with Gasteiger partial charge in [-0.2, -0.15) is 0 Å². The van der Waals surface area contributed by atoms with E-state index in [0.717, 1.165) is 5.92 Å². The summed E-state index contributed by atoms with van der Waals surface area (Å²) in [5.74, 6) is 0.960. The molecular weight excluding hydrogens is 170 g/mol. The monoisotopic (exact) mass is 197 g/mol. The van der Waals surface area contributed by atoms with E-state index in [-0.39, 0.29) is 0 Å². The van der Waals surface area contributed by atoms with E-state index in [4.69, 9.17) is 0 Å². The van der Waals surface area contributed by atoms with E-state index in [2.05, 4.69) is 32.7 Å². The Labute approximate surface area is 89.9 Å². The molecule has 0 saturated heterocycles. The van der Waals surface area contributed by atoms with Gasteiger partial charge in [-0.25, -0.2) is 0 Å². The molecule has 1 nitrogen and oxygen atoms in total. The molecule has 1 saturated carbocycles. The molecule has 0 N–H and O–H groups in total. The highest BCUT2D eigenvalue weighted by Gasteiger charge is 2.21. The van der Waals surface area contributed by atoms with Gasteiger partial charge in [0, 0.05) is 12.1 Å². The summed E-state index contributed by atoms with van der Waals surface area (Å²) < 4.78 is 0. The molecule has 1 rings (SSSR count). The van der Waals surface area contributed by atoms with Gasteiger partial charge in [-0.1, -0.05) is 25.7 Å². The number of hydrogen-bond acceptors (Lipinski definition) is 1. The fourth-order valence-corrected chi connectivity index (χ4v) is 2.21. The Morgan fingerprint density at radius 3 is 1.93 bits per heavy atom. The van der Waals surface area contributed by atoms with Crippen LogP contribution in [0.15, 0.2) is 0 Å². The third-order valence-electron chi connectivity index (χ3n) is 3.65. The smallest absolute Gasteiger partial charge is 0.0122 e. The first kappa shape index (κ1) is 12.0. The maximum Gasteiger partial charge on any atom is 0.0122 e. The average Bonchev–Trinajstić information content (AvgIpc) is 2.31. The van der Waals surface area contributed by atoms with Crippen LogP contribution in [0.4, 0.5) is 0 Å². The van der Waals surface area contributed by atoms with E-state index in [1.165, 1.54) is 45.1 Å². The maximum atomic E-state index is 2.52. The third-order valence-corrected chi connectivity index (χ3v) is 3.65. The van der Waals surface area contributed by atoms with Crippen LogP contribution in [0.5, 0.6) is 0 Å². The molecule has 0 radical (unpaired) electrons. The van der Waals surface area contributed by atoms with E-state index in [1.54, 1.807) is 0 Å². The molecule has 1 aliphatic rings. The fraction of sp³-hybridized carbons (Fsp3) is 1.00. The first-order valence-corrected chi connectivity index (χ1v) is 6.21. The Morgan fingerprint density at radius 1 is 1.00 bits per heavy atom. The van der Waals surface area contributed by atoms with Crippen LogP contribution in [0.2, 0.25) is 0 Å². The van der Waals surface area contributed by atoms with Crippen LogP contribution in [-0.2, 0) is 0 Å². The molecule has 1 heteroatoms. The second-order valence-electron chi connectivity index (χ2n) is 5.91. The van der Waals surface area contributed by atoms with Crippen LogP contribution in [0.25, 0.3) is 0 Å². The molecule has 0 aromatic carbocycles. The molecule has 0 aromatic heterocycles. The minimum Gasteiger partial charge on any atom is -0.301 e. The predicted molar refractivity (Wildman–Crippen MR) is 63.6 cm³/mol. The summed E-state index contributed by atoms with van der Waals surface area (Å²) >= 11 is 0. The lowest BCUT2D eigenvalue weighted by Gasteiger charge is -2.34. The normalized spacial score (nSPS) is 21.2. The van der Waals surface area contributed by atoms with E-state index < -0.39 is 0 Å². The first-order chi connectivity index (χ1) is 6.50. The van der Waals surface area contributed by atoms with Crippen LogP contribution in [0.1, 0.15) is 59.3 Å². The summed E-state index contributed by atoms with van der Waals surface area (Å²) in [6, 6.07) is 0. The van der Waals surface area contributed by atoms with Crippen LogP contribution in [-0.4, -0.2) is 24.0 Å². The van der Waals surface area contributed by atoms with E-state index in [0.29, 0.717) is 5.54 Å². The minimum atomic E-state index is 0.340. The van der Waals surface area contributed by atoms with Crippen molar-refractivity contribution in [3.63, 3.8) is 0 Å². The lowest BCUT2D eigenvalue weighted by atomic mass is 9.97. The first-order valence-electron chi connectivity index (χ1n) is 6.21. The molecule has 0 aromatic rings. The van der Waals surface area contributed by atoms with Crippen molar-refractivity contribution in [3.8, 4) is 0 Å². The molecule has 0 bridgehead atoms. The quantitative estimate of drug-likeness (QED) is 0.610. The summed E-state index contributed by atoms with van der Waals surface area (Å²) in [6.45, 7) is 8.22. The molecule has 1 aliphatic carbocycles. The van der Waals surface area contributed by atoms with Gasteiger partial charge in [-0.05, 0) is 46.6 Å². The SMILES string of the molecule is CN(CC1CCCCCC1)C(C)(C)C. The van der Waals surface area contributed by atoms with E-state index in [9.17, 15) is 0 Å². The van der Waals surface area contributed by atoms with Crippen molar-refractivity contribution in [1.82, 2.24) is 4.90 Å². The van der Waals surface area contributed by atoms with Gasteiger partial charge in [0.15, 0.2) is 0 Å². The van der Waals surface area contributed by atoms with Crippen molar-refractivity contribution < 1.29 is 0 Å². The minimum absolute atomic E-state index is 0.340. The Hall–Kier alpha value is -0.0400. The molecule has 0 heterocycles. The molecule has 0 atom stereocenters. The highest BCUT2D eigenvalue weighted by molar-refractivity contribution is 4.76. The lowest BCUT2D eigenvalue weighted by molar-refractivity contribution is 0.143. The number of rotatable bonds is 2. The van der Waals surface area contributed by atoms with Crippen LogP contribution < -0.4 is 0 Å². The molecule has 84 valence electrons. The van der Waals surface area contributed by atoms with Crippen LogP contribution in [0.3, 0.4) is 0 Å². The molecule has 0 unspecified atom stereocenters. The van der Waals surface area contributed by atoms with Gasteiger partial charge in [0.25, 0.3) is 0 Å². The Bertz CT molecular complexity index is 149. The van der Waals surface area contributed by atoms with E-state index in [1.807, 2.05) is 0 Å². The third kappa shape index (κ3) is 4.00. The summed E-state index contributed by atoms with van der Waals surface area (Å²) in [7, 11) is 2.27. The second kappa shape index (κ2) is 5.16. The molecule has 14 heavy (non-hydrogen) atoms. The van der Waals surface area contributed by atoms with Crippen molar-refractivity contribution in [3.05, 3.63) is 0 Å². The summed E-state index contributed by atoms with van der Waals surface area (Å²) in [4.78, 5) is 2.52. The van der Waals surface area contributed by atoms with Crippen molar-refractivity contribution in [2.75, 3.05) is 13.6 Å². The van der Waals surface area contributed by atoms with Gasteiger partial charge >= 0.3 is 0 Å². The van der Waals surface area contributed by atoms with Crippen LogP contribution >= 0.6 is 0 Å². The summed E-state index contributed by atoms with van der Waals surface area (Å²) in [5.41, 5.74) is 0.340. The summed E-state index contributed by atoms with van der Waals surface area (Å²) in [6.07, 6.45) is 8.78. The Balaban J connectivity index is 2.34. The van der Waals surface area contributed by atoms with Gasteiger partial charge < -0.3 is 4.90 Å². The molecule has 0 aliphatic heterocycles. The average molecular weight is 197 g/mol. The molecule has 0 amide bonds. The van der Waals surface area contributed by atoms with Crippen molar-refractivity contribution in [2.45, 2.75) is 64.8 Å². The molecule has 0 spiro atoms. The largest absolute Gasteiger partial charge is 0.301 e. The summed E-state index contributed by atoms with van der Waals surface area (Å²) in [5, 5.41) is 0. The standard InChI is InChI=1S/C13H27N/c1-13(2,3)14(4)11-12-9-7-5-6-8-10-12/h12H,5-11H2,1-4H3. The predicted octanol–water partition coefficient (Wildman–Crippen LogP) is 3.69. The zero-order valence-corrected chi connectivity index (χ0v) is 10.5. The molecule has 1 fully saturated rings. The van der Waals surface area contributed by atoms with Gasteiger partial charge in [0.2, 0.25) is 0 Å². The molecular formula is C13H27N. The Kier molecular flexibility index (Phi) is 4.43. The van der Waals surface area contributed by atoms with Crippen LogP contribution in [0, 0.1) is 5.92 Å². The van der Waals surface area contributed by atoms with Gasteiger partial charge in [-0.3, -0.25) is 0 Å². The van der Waals surface area contributed by atoms with Crippen molar-refractivity contribution in [1.29, 1.82) is 0 Å². The van der Waals surface area contributed by atoms with Crippen molar-refractivity contribution >= 4 is 0 Å². The maximum absolute atomic E-state index is 2.52. The highest BCUT2D eigenvalue weighted by atomic mass is 15.2. The highest BCUT2D eigenvalue weighted by Crippen LogP contribution is 2.25. The van der Waals surface area contributed by atoms with E-state index >= 15 is 0 Å². The number of hydrogen-bond donors (Lipinski definition) is 0. The van der Waals surface area contributed by atoms with Gasteiger partial charge in [0.05, 0.1) is 0 Å².